The lowest BCUT2D eigenvalue weighted by molar-refractivity contribution is 0.0698. The van der Waals surface area contributed by atoms with Gasteiger partial charge in [0.15, 0.2) is 0 Å². The summed E-state index contributed by atoms with van der Waals surface area (Å²) < 4.78 is 5.84. The van der Waals surface area contributed by atoms with Gasteiger partial charge in [-0.3, -0.25) is 4.79 Å². The van der Waals surface area contributed by atoms with Gasteiger partial charge in [0.1, 0.15) is 5.75 Å². The lowest BCUT2D eigenvalue weighted by atomic mass is 10.1. The van der Waals surface area contributed by atoms with Crippen molar-refractivity contribution in [1.29, 1.82) is 0 Å². The van der Waals surface area contributed by atoms with E-state index in [9.17, 15) is 14.7 Å². The highest BCUT2D eigenvalue weighted by molar-refractivity contribution is 14.1. The number of rotatable bonds is 4. The van der Waals surface area contributed by atoms with Crippen LogP contribution in [0.1, 0.15) is 20.7 Å². The Kier molecular flexibility index (Phi) is 4.79. The summed E-state index contributed by atoms with van der Waals surface area (Å²) in [7, 11) is 1.47. The maximum atomic E-state index is 12.3. The molecule has 0 saturated heterocycles. The van der Waals surface area contributed by atoms with Gasteiger partial charge in [0.25, 0.3) is 5.91 Å². The van der Waals surface area contributed by atoms with E-state index in [4.69, 9.17) is 4.74 Å². The lowest BCUT2D eigenvalue weighted by Gasteiger charge is -2.11. The Balaban J connectivity index is 2.36. The first-order chi connectivity index (χ1) is 10.0. The molecule has 108 valence electrons. The van der Waals surface area contributed by atoms with Crippen molar-refractivity contribution in [2.75, 3.05) is 12.4 Å². The highest BCUT2D eigenvalue weighted by Crippen LogP contribution is 2.24. The topological polar surface area (TPSA) is 75.6 Å². The Morgan fingerprint density at radius 1 is 1.14 bits per heavy atom. The zero-order valence-corrected chi connectivity index (χ0v) is 13.2. The zero-order chi connectivity index (χ0) is 15.4. The number of amides is 1. The van der Waals surface area contributed by atoms with Crippen molar-refractivity contribution in [1.82, 2.24) is 0 Å². The van der Waals surface area contributed by atoms with Gasteiger partial charge >= 0.3 is 5.97 Å². The Labute approximate surface area is 135 Å². The fraction of sp³-hybridized carbons (Fsp3) is 0.0667. The van der Waals surface area contributed by atoms with Gasteiger partial charge in [0.05, 0.1) is 23.9 Å². The van der Waals surface area contributed by atoms with Crippen LogP contribution < -0.4 is 10.1 Å². The van der Waals surface area contributed by atoms with Crippen LogP contribution in [-0.4, -0.2) is 24.1 Å². The Bertz CT molecular complexity index is 700. The molecule has 0 saturated carbocycles. The minimum absolute atomic E-state index is 0.00934. The molecule has 2 N–H and O–H groups in total. The van der Waals surface area contributed by atoms with Crippen molar-refractivity contribution in [3.63, 3.8) is 0 Å². The van der Waals surface area contributed by atoms with E-state index in [1.807, 2.05) is 6.07 Å². The van der Waals surface area contributed by atoms with Crippen LogP contribution in [0.3, 0.4) is 0 Å². The molecule has 0 radical (unpaired) electrons. The zero-order valence-electron chi connectivity index (χ0n) is 11.1. The molecule has 0 atom stereocenters. The number of benzene rings is 2. The van der Waals surface area contributed by atoms with Crippen LogP contribution in [-0.2, 0) is 0 Å². The van der Waals surface area contributed by atoms with Gasteiger partial charge in [-0.1, -0.05) is 12.1 Å². The van der Waals surface area contributed by atoms with E-state index in [2.05, 4.69) is 27.9 Å². The third-order valence-electron chi connectivity index (χ3n) is 2.82. The molecule has 0 fully saturated rings. The molecule has 21 heavy (non-hydrogen) atoms. The molecule has 0 aliphatic rings. The number of aromatic carboxylic acids is 1. The first-order valence-electron chi connectivity index (χ1n) is 6.00. The summed E-state index contributed by atoms with van der Waals surface area (Å²) in [6, 6.07) is 11.5. The van der Waals surface area contributed by atoms with Crippen molar-refractivity contribution in [2.24, 2.45) is 0 Å². The molecule has 5 nitrogen and oxygen atoms in total. The number of ether oxygens (including phenoxy) is 1. The number of carboxylic acids is 1. The number of carboxylic acid groups (broad SMARTS) is 1. The minimum atomic E-state index is -1.12. The molecule has 0 aliphatic heterocycles. The number of carbonyl (C=O) groups excluding carboxylic acids is 1. The quantitative estimate of drug-likeness (QED) is 0.777. The molecule has 2 aromatic carbocycles. The van der Waals surface area contributed by atoms with Crippen LogP contribution in [0.4, 0.5) is 5.69 Å². The lowest BCUT2D eigenvalue weighted by Crippen LogP contribution is -2.16. The van der Waals surface area contributed by atoms with Gasteiger partial charge in [-0.25, -0.2) is 4.79 Å². The van der Waals surface area contributed by atoms with Crippen molar-refractivity contribution >= 4 is 40.2 Å². The van der Waals surface area contributed by atoms with Gasteiger partial charge in [-0.15, -0.1) is 0 Å². The summed E-state index contributed by atoms with van der Waals surface area (Å²) in [6.07, 6.45) is 0. The minimum Gasteiger partial charge on any atom is -0.497 e. The van der Waals surface area contributed by atoms with Crippen LogP contribution in [0.15, 0.2) is 42.5 Å². The first-order valence-corrected chi connectivity index (χ1v) is 7.08. The Morgan fingerprint density at radius 2 is 1.86 bits per heavy atom. The Morgan fingerprint density at radius 3 is 2.48 bits per heavy atom. The molecule has 0 spiro atoms. The number of nitrogens with one attached hydrogen (secondary N) is 1. The van der Waals surface area contributed by atoms with E-state index in [1.165, 1.54) is 25.3 Å². The molecule has 2 rings (SSSR count). The SMILES string of the molecule is COc1ccc(C(=O)O)c(NC(=O)c2ccccc2I)c1. The maximum absolute atomic E-state index is 12.3. The molecule has 0 heterocycles. The van der Waals surface area contributed by atoms with E-state index in [0.717, 1.165) is 3.57 Å². The van der Waals surface area contributed by atoms with Crippen LogP contribution in [0.25, 0.3) is 0 Å². The van der Waals surface area contributed by atoms with Crippen LogP contribution in [0.2, 0.25) is 0 Å². The standard InChI is InChI=1S/C15H12INO4/c1-21-9-6-7-11(15(19)20)13(8-9)17-14(18)10-4-2-3-5-12(10)16/h2-8H,1H3,(H,17,18)(H,19,20). The average molecular weight is 397 g/mol. The summed E-state index contributed by atoms with van der Waals surface area (Å²) in [4.78, 5) is 23.5. The summed E-state index contributed by atoms with van der Waals surface area (Å²) in [5.74, 6) is -1.01. The number of anilines is 1. The fourth-order valence-corrected chi connectivity index (χ4v) is 2.41. The third-order valence-corrected chi connectivity index (χ3v) is 3.76. The van der Waals surface area contributed by atoms with Crippen LogP contribution >= 0.6 is 22.6 Å². The molecule has 6 heteroatoms. The second kappa shape index (κ2) is 6.57. The van der Waals surface area contributed by atoms with Gasteiger partial charge in [-0.2, -0.15) is 0 Å². The molecule has 0 aromatic heterocycles. The summed E-state index contributed by atoms with van der Waals surface area (Å²) in [5.41, 5.74) is 0.693. The van der Waals surface area contributed by atoms with Crippen molar-refractivity contribution in [3.8, 4) is 5.75 Å². The smallest absolute Gasteiger partial charge is 0.337 e. The average Bonchev–Trinajstić information content (AvgIpc) is 2.47. The van der Waals surface area contributed by atoms with E-state index < -0.39 is 5.97 Å². The number of halogens is 1. The second-order valence-electron chi connectivity index (χ2n) is 4.15. The first kappa shape index (κ1) is 15.3. The van der Waals surface area contributed by atoms with E-state index in [-0.39, 0.29) is 17.2 Å². The third kappa shape index (κ3) is 3.52. The van der Waals surface area contributed by atoms with Crippen molar-refractivity contribution < 1.29 is 19.4 Å². The number of hydrogen-bond donors (Lipinski definition) is 2. The molecular formula is C15H12INO4. The maximum Gasteiger partial charge on any atom is 0.337 e. The number of methoxy groups -OCH3 is 1. The molecular weight excluding hydrogens is 385 g/mol. The number of carbonyl (C=O) groups is 2. The number of hydrogen-bond acceptors (Lipinski definition) is 3. The largest absolute Gasteiger partial charge is 0.497 e. The highest BCUT2D eigenvalue weighted by atomic mass is 127. The molecule has 0 aliphatic carbocycles. The van der Waals surface area contributed by atoms with Gasteiger partial charge in [-0.05, 0) is 46.9 Å². The normalized spacial score (nSPS) is 10.0. The monoisotopic (exact) mass is 397 g/mol. The summed E-state index contributed by atoms with van der Waals surface area (Å²) in [5, 5.41) is 11.8. The summed E-state index contributed by atoms with van der Waals surface area (Å²) >= 11 is 2.05. The van der Waals surface area contributed by atoms with Crippen LogP contribution in [0.5, 0.6) is 5.75 Å². The molecule has 0 unspecified atom stereocenters. The fourth-order valence-electron chi connectivity index (χ4n) is 1.78. The van der Waals surface area contributed by atoms with E-state index >= 15 is 0 Å². The molecule has 1 amide bonds. The van der Waals surface area contributed by atoms with E-state index in [0.29, 0.717) is 11.3 Å². The predicted octanol–water partition coefficient (Wildman–Crippen LogP) is 3.25. The summed E-state index contributed by atoms with van der Waals surface area (Å²) in [6.45, 7) is 0. The molecule has 0 bridgehead atoms. The van der Waals surface area contributed by atoms with Gasteiger partial charge in [0.2, 0.25) is 0 Å². The van der Waals surface area contributed by atoms with E-state index in [1.54, 1.807) is 18.2 Å². The van der Waals surface area contributed by atoms with Gasteiger partial charge in [0, 0.05) is 9.64 Å². The predicted molar refractivity (Wildman–Crippen MR) is 87.1 cm³/mol. The van der Waals surface area contributed by atoms with Crippen molar-refractivity contribution in [3.05, 3.63) is 57.2 Å². The van der Waals surface area contributed by atoms with Crippen molar-refractivity contribution in [2.45, 2.75) is 0 Å². The Hall–Kier alpha value is -2.09. The highest BCUT2D eigenvalue weighted by Gasteiger charge is 2.15. The molecule has 2 aromatic rings. The van der Waals surface area contributed by atoms with Gasteiger partial charge < -0.3 is 15.2 Å². The second-order valence-corrected chi connectivity index (χ2v) is 5.31. The van der Waals surface area contributed by atoms with Crippen LogP contribution in [0, 0.1) is 3.57 Å².